The molecule has 0 unspecified atom stereocenters. The lowest BCUT2D eigenvalue weighted by Gasteiger charge is -2.34. The number of amides is 2. The van der Waals surface area contributed by atoms with Crippen LogP contribution in [0.3, 0.4) is 0 Å². The van der Waals surface area contributed by atoms with E-state index in [1.807, 2.05) is 75.4 Å². The highest BCUT2D eigenvalue weighted by molar-refractivity contribution is 9.10. The molecule has 3 aromatic carbocycles. The maximum Gasteiger partial charge on any atom is 0.244 e. The first-order valence-corrected chi connectivity index (χ1v) is 15.5. The third-order valence-electron chi connectivity index (χ3n) is 6.52. The number of hydrogen-bond donors (Lipinski definition) is 1. The van der Waals surface area contributed by atoms with Crippen LogP contribution in [0.2, 0.25) is 0 Å². The van der Waals surface area contributed by atoms with Crippen molar-refractivity contribution in [3.63, 3.8) is 0 Å². The molecule has 3 aromatic rings. The monoisotopic (exact) mass is 613 g/mol. The van der Waals surface area contributed by atoms with E-state index in [2.05, 4.69) is 21.2 Å². The first kappa shape index (κ1) is 30.4. The lowest BCUT2D eigenvalue weighted by molar-refractivity contribution is -0.140. The number of benzene rings is 3. The van der Waals surface area contributed by atoms with Gasteiger partial charge < -0.3 is 10.2 Å². The average Bonchev–Trinajstić information content (AvgIpc) is 2.89. The van der Waals surface area contributed by atoms with E-state index in [0.717, 1.165) is 38.1 Å². The fourth-order valence-corrected chi connectivity index (χ4v) is 5.45. The van der Waals surface area contributed by atoms with Crippen molar-refractivity contribution in [2.75, 3.05) is 17.1 Å². The van der Waals surface area contributed by atoms with Gasteiger partial charge in [0.25, 0.3) is 0 Å². The van der Waals surface area contributed by atoms with Crippen LogP contribution in [0.4, 0.5) is 5.69 Å². The summed E-state index contributed by atoms with van der Waals surface area (Å²) in [5, 5.41) is 3.03. The zero-order chi connectivity index (χ0) is 28.6. The quantitative estimate of drug-likeness (QED) is 0.309. The van der Waals surface area contributed by atoms with E-state index in [-0.39, 0.29) is 24.9 Å². The number of carbonyl (C=O) groups is 2. The minimum atomic E-state index is -3.79. The molecule has 0 heterocycles. The third-order valence-corrected chi connectivity index (χ3v) is 8.15. The van der Waals surface area contributed by atoms with Crippen molar-refractivity contribution in [1.29, 1.82) is 0 Å². The van der Waals surface area contributed by atoms with Crippen molar-refractivity contribution in [2.45, 2.75) is 52.2 Å². The molecule has 0 radical (unpaired) electrons. The Hall–Kier alpha value is -3.17. The number of halogens is 1. The van der Waals surface area contributed by atoms with Crippen LogP contribution in [0, 0.1) is 6.92 Å². The molecule has 39 heavy (non-hydrogen) atoms. The second kappa shape index (κ2) is 13.8. The summed E-state index contributed by atoms with van der Waals surface area (Å²) >= 11 is 3.48. The topological polar surface area (TPSA) is 86.8 Å². The van der Waals surface area contributed by atoms with Gasteiger partial charge in [-0.1, -0.05) is 83.0 Å². The van der Waals surface area contributed by atoms with Crippen LogP contribution in [0.1, 0.15) is 37.0 Å². The normalized spacial score (nSPS) is 12.8. The molecule has 0 fully saturated rings. The van der Waals surface area contributed by atoms with Gasteiger partial charge in [-0.3, -0.25) is 13.9 Å². The van der Waals surface area contributed by atoms with Crippen molar-refractivity contribution in [1.82, 2.24) is 10.2 Å². The molecule has 7 nitrogen and oxygen atoms in total. The van der Waals surface area contributed by atoms with Crippen LogP contribution in [-0.4, -0.2) is 50.0 Å². The van der Waals surface area contributed by atoms with Crippen molar-refractivity contribution in [3.8, 4) is 0 Å². The summed E-state index contributed by atoms with van der Waals surface area (Å²) in [5.74, 6) is -0.751. The molecule has 0 bridgehead atoms. The minimum absolute atomic E-state index is 0.0846. The lowest BCUT2D eigenvalue weighted by Crippen LogP contribution is -2.54. The molecule has 0 aromatic heterocycles. The summed E-state index contributed by atoms with van der Waals surface area (Å²) in [7, 11) is -3.79. The summed E-state index contributed by atoms with van der Waals surface area (Å²) in [6.07, 6.45) is 2.10. The molecule has 1 N–H and O–H groups in total. The Morgan fingerprint density at radius 1 is 0.949 bits per heavy atom. The molecule has 2 atom stereocenters. The van der Waals surface area contributed by atoms with E-state index >= 15 is 0 Å². The van der Waals surface area contributed by atoms with Crippen molar-refractivity contribution in [3.05, 3.63) is 100 Å². The molecule has 0 aliphatic rings. The minimum Gasteiger partial charge on any atom is -0.352 e. The Labute approximate surface area is 240 Å². The molecule has 2 amide bonds. The second-order valence-corrected chi connectivity index (χ2v) is 12.6. The van der Waals surface area contributed by atoms with E-state index in [1.165, 1.54) is 4.90 Å². The molecule has 0 saturated heterocycles. The van der Waals surface area contributed by atoms with E-state index < -0.39 is 28.5 Å². The van der Waals surface area contributed by atoms with Gasteiger partial charge in [-0.05, 0) is 55.7 Å². The molecule has 0 spiro atoms. The molecular formula is C30H36BrN3O4S. The summed E-state index contributed by atoms with van der Waals surface area (Å²) in [6.45, 7) is 5.50. The van der Waals surface area contributed by atoms with Crippen LogP contribution in [-0.2, 0) is 32.6 Å². The van der Waals surface area contributed by atoms with Crippen LogP contribution in [0.25, 0.3) is 0 Å². The third kappa shape index (κ3) is 8.93. The first-order chi connectivity index (χ1) is 18.5. The molecular weight excluding hydrogens is 578 g/mol. The van der Waals surface area contributed by atoms with Gasteiger partial charge in [-0.25, -0.2) is 8.42 Å². The lowest BCUT2D eigenvalue weighted by atomic mass is 10.0. The highest BCUT2D eigenvalue weighted by Gasteiger charge is 2.33. The van der Waals surface area contributed by atoms with E-state index in [1.54, 1.807) is 24.3 Å². The Bertz CT molecular complexity index is 1360. The van der Waals surface area contributed by atoms with E-state index in [4.69, 9.17) is 0 Å². The highest BCUT2D eigenvalue weighted by Crippen LogP contribution is 2.22. The number of carbonyl (C=O) groups excluding carboxylic acids is 2. The summed E-state index contributed by atoms with van der Waals surface area (Å²) in [4.78, 5) is 29.2. The summed E-state index contributed by atoms with van der Waals surface area (Å²) in [5.41, 5.74) is 3.07. The Morgan fingerprint density at radius 3 is 2.18 bits per heavy atom. The number of rotatable bonds is 12. The second-order valence-electron chi connectivity index (χ2n) is 9.78. The SMILES string of the molecule is CC[C@H](C)NC(=O)[C@H](Cc1ccccc1)N(Cc1cccc(Br)c1)C(=O)CN(c1ccc(C)cc1)S(C)(=O)=O. The fourth-order valence-electron chi connectivity index (χ4n) is 4.15. The van der Waals surface area contributed by atoms with E-state index in [9.17, 15) is 18.0 Å². The molecule has 0 aliphatic heterocycles. The van der Waals surface area contributed by atoms with Gasteiger partial charge in [-0.2, -0.15) is 0 Å². The maximum atomic E-state index is 14.0. The molecule has 0 saturated carbocycles. The Kier molecular flexibility index (Phi) is 10.7. The number of anilines is 1. The maximum absolute atomic E-state index is 14.0. The van der Waals surface area contributed by atoms with Crippen LogP contribution >= 0.6 is 15.9 Å². The van der Waals surface area contributed by atoms with Gasteiger partial charge in [0, 0.05) is 23.5 Å². The Balaban J connectivity index is 2.05. The van der Waals surface area contributed by atoms with Crippen molar-refractivity contribution in [2.24, 2.45) is 0 Å². The van der Waals surface area contributed by atoms with Gasteiger partial charge in [0.05, 0.1) is 11.9 Å². The highest BCUT2D eigenvalue weighted by atomic mass is 79.9. The van der Waals surface area contributed by atoms with Gasteiger partial charge >= 0.3 is 0 Å². The number of aryl methyl sites for hydroxylation is 1. The molecule has 0 aliphatic carbocycles. The fraction of sp³-hybridized carbons (Fsp3) is 0.333. The summed E-state index contributed by atoms with van der Waals surface area (Å²) in [6, 6.07) is 23.1. The van der Waals surface area contributed by atoms with Crippen molar-refractivity contribution < 1.29 is 18.0 Å². The number of sulfonamides is 1. The first-order valence-electron chi connectivity index (χ1n) is 12.9. The molecule has 9 heteroatoms. The smallest absolute Gasteiger partial charge is 0.244 e. The average molecular weight is 615 g/mol. The van der Waals surface area contributed by atoms with Crippen molar-refractivity contribution >= 4 is 43.5 Å². The largest absolute Gasteiger partial charge is 0.352 e. The predicted molar refractivity (Wildman–Crippen MR) is 160 cm³/mol. The van der Waals surface area contributed by atoms with Crippen LogP contribution < -0.4 is 9.62 Å². The number of nitrogens with one attached hydrogen (secondary N) is 1. The van der Waals surface area contributed by atoms with Gasteiger partial charge in [-0.15, -0.1) is 0 Å². The summed E-state index contributed by atoms with van der Waals surface area (Å²) < 4.78 is 27.6. The van der Waals surface area contributed by atoms with E-state index in [0.29, 0.717) is 5.69 Å². The van der Waals surface area contributed by atoms with Crippen LogP contribution in [0.5, 0.6) is 0 Å². The Morgan fingerprint density at radius 2 is 1.59 bits per heavy atom. The van der Waals surface area contributed by atoms with Crippen LogP contribution in [0.15, 0.2) is 83.3 Å². The zero-order valence-electron chi connectivity index (χ0n) is 22.8. The van der Waals surface area contributed by atoms with Gasteiger partial charge in [0.1, 0.15) is 12.6 Å². The standard InChI is InChI=1S/C30H36BrN3O4S/c1-5-23(3)32-30(36)28(19-24-10-7-6-8-11-24)33(20-25-12-9-13-26(31)18-25)29(35)21-34(39(4,37)38)27-16-14-22(2)15-17-27/h6-18,23,28H,5,19-21H2,1-4H3,(H,32,36)/t23-,28-/m0/s1. The van der Waals surface area contributed by atoms with Gasteiger partial charge in [0.2, 0.25) is 21.8 Å². The number of hydrogen-bond acceptors (Lipinski definition) is 4. The van der Waals surface area contributed by atoms with Gasteiger partial charge in [0.15, 0.2) is 0 Å². The zero-order valence-corrected chi connectivity index (χ0v) is 25.2. The predicted octanol–water partition coefficient (Wildman–Crippen LogP) is 5.08. The molecule has 208 valence electrons. The molecule has 3 rings (SSSR count). The number of nitrogens with zero attached hydrogens (tertiary/aromatic N) is 2.